The molecule has 0 aromatic heterocycles. The number of carbonyl (C=O) groups is 1. The van der Waals surface area contributed by atoms with Crippen LogP contribution in [0.5, 0.6) is 5.75 Å². The maximum Gasteiger partial charge on any atom is 0.241 e. The lowest BCUT2D eigenvalue weighted by molar-refractivity contribution is -0.118. The molecule has 0 spiro atoms. The zero-order chi connectivity index (χ0) is 15.1. The van der Waals surface area contributed by atoms with Crippen molar-refractivity contribution in [2.75, 3.05) is 18.5 Å². The summed E-state index contributed by atoms with van der Waals surface area (Å²) in [6.07, 6.45) is 4.21. The Kier molecular flexibility index (Phi) is 8.28. The van der Waals surface area contributed by atoms with Gasteiger partial charge in [-0.2, -0.15) is 0 Å². The van der Waals surface area contributed by atoms with Gasteiger partial charge in [0.25, 0.3) is 0 Å². The smallest absolute Gasteiger partial charge is 0.241 e. The van der Waals surface area contributed by atoms with Crippen LogP contribution >= 0.6 is 12.4 Å². The summed E-state index contributed by atoms with van der Waals surface area (Å²) < 4.78 is 5.72. The van der Waals surface area contributed by atoms with Crippen LogP contribution in [0.25, 0.3) is 0 Å². The Morgan fingerprint density at radius 2 is 2.23 bits per heavy atom. The molecule has 0 saturated carbocycles. The molecule has 1 fully saturated rings. The number of piperidine rings is 1. The van der Waals surface area contributed by atoms with Crippen LogP contribution in [0.1, 0.15) is 39.5 Å². The molecular formula is C17H27ClN2O2. The second-order valence-electron chi connectivity index (χ2n) is 6.05. The minimum atomic E-state index is -0.0655. The van der Waals surface area contributed by atoms with Gasteiger partial charge in [0.15, 0.2) is 0 Å². The minimum Gasteiger partial charge on any atom is -0.494 e. The van der Waals surface area contributed by atoms with E-state index in [2.05, 4.69) is 24.5 Å². The van der Waals surface area contributed by atoms with Crippen LogP contribution in [-0.2, 0) is 4.79 Å². The van der Waals surface area contributed by atoms with E-state index in [0.717, 1.165) is 43.7 Å². The number of halogens is 1. The first-order valence-corrected chi connectivity index (χ1v) is 7.92. The highest BCUT2D eigenvalue weighted by molar-refractivity contribution is 5.95. The molecule has 1 saturated heterocycles. The number of benzene rings is 1. The molecule has 2 rings (SSSR count). The van der Waals surface area contributed by atoms with Crippen molar-refractivity contribution < 1.29 is 9.53 Å². The first kappa shape index (κ1) is 18.8. The maximum absolute atomic E-state index is 12.2. The molecule has 1 unspecified atom stereocenters. The molecule has 1 aromatic carbocycles. The SMILES string of the molecule is CC(C)CCOc1cccc(NC(=O)C2CCCCN2)c1.Cl. The standard InChI is InChI=1S/C17H26N2O2.ClH/c1-13(2)9-11-21-15-7-5-6-14(12-15)19-17(20)16-8-3-4-10-18-16;/h5-7,12-13,16,18H,3-4,8-11H2,1-2H3,(H,19,20);1H. The van der Waals surface area contributed by atoms with Gasteiger partial charge in [-0.3, -0.25) is 4.79 Å². The lowest BCUT2D eigenvalue weighted by Crippen LogP contribution is -2.43. The lowest BCUT2D eigenvalue weighted by Gasteiger charge is -2.22. The van der Waals surface area contributed by atoms with Crippen LogP contribution in [0.4, 0.5) is 5.69 Å². The number of amides is 1. The Bertz CT molecular complexity index is 460. The normalized spacial score (nSPS) is 17.7. The van der Waals surface area contributed by atoms with E-state index in [1.165, 1.54) is 0 Å². The van der Waals surface area contributed by atoms with E-state index < -0.39 is 0 Å². The highest BCUT2D eigenvalue weighted by Gasteiger charge is 2.20. The van der Waals surface area contributed by atoms with Crippen molar-refractivity contribution in [2.45, 2.75) is 45.6 Å². The summed E-state index contributed by atoms with van der Waals surface area (Å²) in [6.45, 7) is 5.99. The monoisotopic (exact) mass is 326 g/mol. The van der Waals surface area contributed by atoms with Crippen LogP contribution in [0.2, 0.25) is 0 Å². The third-order valence-corrected chi connectivity index (χ3v) is 3.69. The second kappa shape index (κ2) is 9.70. The summed E-state index contributed by atoms with van der Waals surface area (Å²) in [6, 6.07) is 7.56. The third kappa shape index (κ3) is 6.24. The summed E-state index contributed by atoms with van der Waals surface area (Å²) >= 11 is 0. The van der Waals surface area contributed by atoms with Gasteiger partial charge < -0.3 is 15.4 Å². The average Bonchev–Trinajstić information content (AvgIpc) is 2.48. The van der Waals surface area contributed by atoms with Gasteiger partial charge in [-0.1, -0.05) is 26.3 Å². The number of hydrogen-bond donors (Lipinski definition) is 2. The summed E-state index contributed by atoms with van der Waals surface area (Å²) in [4.78, 5) is 12.2. The van der Waals surface area contributed by atoms with Crippen molar-refractivity contribution >= 4 is 24.0 Å². The molecule has 1 aliphatic rings. The number of nitrogens with one attached hydrogen (secondary N) is 2. The summed E-state index contributed by atoms with van der Waals surface area (Å²) in [5.41, 5.74) is 0.800. The third-order valence-electron chi connectivity index (χ3n) is 3.69. The molecule has 22 heavy (non-hydrogen) atoms. The molecule has 1 aromatic rings. The van der Waals surface area contributed by atoms with Gasteiger partial charge in [-0.25, -0.2) is 0 Å². The van der Waals surface area contributed by atoms with E-state index in [9.17, 15) is 4.79 Å². The molecule has 1 heterocycles. The minimum absolute atomic E-state index is 0. The van der Waals surface area contributed by atoms with Gasteiger partial charge in [0.05, 0.1) is 12.6 Å². The van der Waals surface area contributed by atoms with Crippen molar-refractivity contribution in [3.8, 4) is 5.75 Å². The van der Waals surface area contributed by atoms with Gasteiger partial charge in [0.1, 0.15) is 5.75 Å². The summed E-state index contributed by atoms with van der Waals surface area (Å²) in [5, 5.41) is 6.23. The Balaban J connectivity index is 0.00000242. The Morgan fingerprint density at radius 1 is 1.41 bits per heavy atom. The number of rotatable bonds is 6. The quantitative estimate of drug-likeness (QED) is 0.839. The van der Waals surface area contributed by atoms with Gasteiger partial charge in [-0.15, -0.1) is 12.4 Å². The molecule has 1 atom stereocenters. The van der Waals surface area contributed by atoms with Crippen molar-refractivity contribution in [3.63, 3.8) is 0 Å². The average molecular weight is 327 g/mol. The highest BCUT2D eigenvalue weighted by atomic mass is 35.5. The van der Waals surface area contributed by atoms with E-state index >= 15 is 0 Å². The van der Waals surface area contributed by atoms with Crippen molar-refractivity contribution in [2.24, 2.45) is 5.92 Å². The predicted molar refractivity (Wildman–Crippen MR) is 92.9 cm³/mol. The molecule has 1 aliphatic heterocycles. The number of ether oxygens (including phenoxy) is 1. The first-order chi connectivity index (χ1) is 10.1. The van der Waals surface area contributed by atoms with E-state index in [1.807, 2.05) is 24.3 Å². The number of anilines is 1. The van der Waals surface area contributed by atoms with Crippen LogP contribution in [0, 0.1) is 5.92 Å². The van der Waals surface area contributed by atoms with Crippen molar-refractivity contribution in [3.05, 3.63) is 24.3 Å². The zero-order valence-electron chi connectivity index (χ0n) is 13.4. The fourth-order valence-corrected chi connectivity index (χ4v) is 2.38. The van der Waals surface area contributed by atoms with Crippen LogP contribution in [0.3, 0.4) is 0 Å². The highest BCUT2D eigenvalue weighted by Crippen LogP contribution is 2.19. The van der Waals surface area contributed by atoms with Gasteiger partial charge >= 0.3 is 0 Å². The largest absolute Gasteiger partial charge is 0.494 e. The molecule has 0 aliphatic carbocycles. The molecule has 0 radical (unpaired) electrons. The molecule has 2 N–H and O–H groups in total. The van der Waals surface area contributed by atoms with Crippen LogP contribution < -0.4 is 15.4 Å². The molecular weight excluding hydrogens is 300 g/mol. The van der Waals surface area contributed by atoms with E-state index in [-0.39, 0.29) is 24.4 Å². The van der Waals surface area contributed by atoms with Crippen LogP contribution in [-0.4, -0.2) is 25.1 Å². The van der Waals surface area contributed by atoms with Gasteiger partial charge in [-0.05, 0) is 43.9 Å². The van der Waals surface area contributed by atoms with Crippen molar-refractivity contribution in [1.82, 2.24) is 5.32 Å². The van der Waals surface area contributed by atoms with E-state index in [0.29, 0.717) is 12.5 Å². The molecule has 124 valence electrons. The second-order valence-corrected chi connectivity index (χ2v) is 6.05. The zero-order valence-corrected chi connectivity index (χ0v) is 14.2. The van der Waals surface area contributed by atoms with E-state index in [1.54, 1.807) is 0 Å². The summed E-state index contributed by atoms with van der Waals surface area (Å²) in [7, 11) is 0. The molecule has 1 amide bonds. The predicted octanol–water partition coefficient (Wildman–Crippen LogP) is 3.61. The fraction of sp³-hybridized carbons (Fsp3) is 0.588. The fourth-order valence-electron chi connectivity index (χ4n) is 2.38. The molecule has 5 heteroatoms. The Morgan fingerprint density at radius 3 is 2.91 bits per heavy atom. The lowest BCUT2D eigenvalue weighted by atomic mass is 10.0. The van der Waals surface area contributed by atoms with Gasteiger partial charge in [0, 0.05) is 11.8 Å². The maximum atomic E-state index is 12.2. The Hall–Kier alpha value is -1.26. The molecule has 0 bridgehead atoms. The number of carbonyl (C=O) groups excluding carboxylic acids is 1. The van der Waals surface area contributed by atoms with E-state index in [4.69, 9.17) is 4.74 Å². The first-order valence-electron chi connectivity index (χ1n) is 7.92. The topological polar surface area (TPSA) is 50.4 Å². The molecule has 4 nitrogen and oxygen atoms in total. The number of hydrogen-bond acceptors (Lipinski definition) is 3. The Labute approximate surface area is 139 Å². The van der Waals surface area contributed by atoms with Crippen molar-refractivity contribution in [1.29, 1.82) is 0 Å². The summed E-state index contributed by atoms with van der Waals surface area (Å²) in [5.74, 6) is 1.49. The van der Waals surface area contributed by atoms with Gasteiger partial charge in [0.2, 0.25) is 5.91 Å². The van der Waals surface area contributed by atoms with Crippen LogP contribution in [0.15, 0.2) is 24.3 Å².